The molecule has 1 aliphatic heterocycles. The monoisotopic (exact) mass is 275 g/mol. The zero-order valence-corrected chi connectivity index (χ0v) is 13.2. The first-order valence-corrected chi connectivity index (χ1v) is 8.10. The summed E-state index contributed by atoms with van der Waals surface area (Å²) < 4.78 is 0. The highest BCUT2D eigenvalue weighted by Gasteiger charge is 2.19. The van der Waals surface area contributed by atoms with Gasteiger partial charge in [0.2, 0.25) is 0 Å². The van der Waals surface area contributed by atoms with Gasteiger partial charge < -0.3 is 10.0 Å². The van der Waals surface area contributed by atoms with Crippen molar-refractivity contribution < 1.29 is 5.11 Å². The quantitative estimate of drug-likeness (QED) is 0.879. The number of piperidine rings is 1. The minimum absolute atomic E-state index is 0.355. The normalized spacial score (nSPS) is 23.5. The van der Waals surface area contributed by atoms with Crippen LogP contribution in [0.5, 0.6) is 0 Å². The van der Waals surface area contributed by atoms with Crippen LogP contribution in [0.4, 0.5) is 0 Å². The fourth-order valence-corrected chi connectivity index (χ4v) is 3.08. The lowest BCUT2D eigenvalue weighted by molar-refractivity contribution is 0.0876. The summed E-state index contributed by atoms with van der Waals surface area (Å²) in [6.45, 7) is 9.80. The number of aliphatic hydroxyl groups excluding tert-OH is 1. The van der Waals surface area contributed by atoms with Crippen LogP contribution < -0.4 is 0 Å². The van der Waals surface area contributed by atoms with Gasteiger partial charge in [0.15, 0.2) is 0 Å². The molecule has 20 heavy (non-hydrogen) atoms. The van der Waals surface area contributed by atoms with Gasteiger partial charge in [0, 0.05) is 13.1 Å². The Bertz CT molecular complexity index is 400. The van der Waals surface area contributed by atoms with Crippen molar-refractivity contribution in [2.24, 2.45) is 5.92 Å². The van der Waals surface area contributed by atoms with Crippen LogP contribution in [0.3, 0.4) is 0 Å². The maximum absolute atomic E-state index is 10.4. The van der Waals surface area contributed by atoms with Gasteiger partial charge in [-0.25, -0.2) is 0 Å². The Kier molecular flexibility index (Phi) is 5.62. The molecule has 0 spiro atoms. The highest BCUT2D eigenvalue weighted by atomic mass is 16.3. The van der Waals surface area contributed by atoms with E-state index in [2.05, 4.69) is 49.9 Å². The topological polar surface area (TPSA) is 23.5 Å². The van der Waals surface area contributed by atoms with Crippen molar-refractivity contribution in [1.82, 2.24) is 4.90 Å². The number of hydrogen-bond donors (Lipinski definition) is 1. The second-order valence-corrected chi connectivity index (χ2v) is 6.50. The Morgan fingerprint density at radius 2 is 1.90 bits per heavy atom. The van der Waals surface area contributed by atoms with Gasteiger partial charge >= 0.3 is 0 Å². The van der Waals surface area contributed by atoms with Crippen LogP contribution in [0, 0.1) is 5.92 Å². The van der Waals surface area contributed by atoms with E-state index >= 15 is 0 Å². The smallest absolute Gasteiger partial charge is 0.0916 e. The summed E-state index contributed by atoms with van der Waals surface area (Å²) in [5.74, 6) is 1.37. The number of nitrogens with zero attached hydrogens (tertiary/aromatic N) is 1. The lowest BCUT2D eigenvalue weighted by Crippen LogP contribution is -2.37. The number of likely N-dealkylation sites (tertiary alicyclic amines) is 1. The van der Waals surface area contributed by atoms with Crippen molar-refractivity contribution in [1.29, 1.82) is 0 Å². The molecule has 0 aliphatic carbocycles. The second kappa shape index (κ2) is 7.24. The van der Waals surface area contributed by atoms with E-state index in [4.69, 9.17) is 0 Å². The third-order valence-corrected chi connectivity index (χ3v) is 4.67. The predicted molar refractivity (Wildman–Crippen MR) is 84.9 cm³/mol. The Balaban J connectivity index is 1.93. The van der Waals surface area contributed by atoms with Gasteiger partial charge in [-0.05, 0) is 48.8 Å². The summed E-state index contributed by atoms with van der Waals surface area (Å²) in [6.07, 6.45) is 3.40. The number of aliphatic hydroxyl groups is 1. The molecule has 2 heteroatoms. The summed E-state index contributed by atoms with van der Waals surface area (Å²) in [5, 5.41) is 10.4. The predicted octanol–water partition coefficient (Wildman–Crippen LogP) is 3.97. The van der Waals surface area contributed by atoms with Crippen LogP contribution in [0.2, 0.25) is 0 Å². The summed E-state index contributed by atoms with van der Waals surface area (Å²) in [7, 11) is 0. The molecule has 2 nitrogen and oxygen atoms in total. The Labute approximate surface area is 123 Å². The average molecular weight is 275 g/mol. The first-order valence-electron chi connectivity index (χ1n) is 8.10. The minimum atomic E-state index is -0.355. The van der Waals surface area contributed by atoms with Crippen molar-refractivity contribution in [3.63, 3.8) is 0 Å². The van der Waals surface area contributed by atoms with Crippen LogP contribution in [0.15, 0.2) is 24.3 Å². The van der Waals surface area contributed by atoms with Crippen LogP contribution in [-0.4, -0.2) is 29.6 Å². The van der Waals surface area contributed by atoms with E-state index in [0.717, 1.165) is 37.5 Å². The van der Waals surface area contributed by atoms with Crippen LogP contribution in [-0.2, 0) is 0 Å². The summed E-state index contributed by atoms with van der Waals surface area (Å²) in [6, 6.07) is 8.54. The molecule has 112 valence electrons. The molecule has 0 radical (unpaired) electrons. The first-order chi connectivity index (χ1) is 9.60. The molecule has 0 saturated carbocycles. The van der Waals surface area contributed by atoms with Crippen LogP contribution >= 0.6 is 0 Å². The highest BCUT2D eigenvalue weighted by Crippen LogP contribution is 2.23. The summed E-state index contributed by atoms with van der Waals surface area (Å²) in [5.41, 5.74) is 2.42. The largest absolute Gasteiger partial charge is 0.387 e. The molecular weight excluding hydrogens is 246 g/mol. The fraction of sp³-hybridized carbons (Fsp3) is 0.667. The molecular formula is C18H29NO. The van der Waals surface area contributed by atoms with Gasteiger partial charge in [0.1, 0.15) is 0 Å². The van der Waals surface area contributed by atoms with Gasteiger partial charge in [-0.1, -0.05) is 45.0 Å². The molecule has 0 aromatic heterocycles. The lowest BCUT2D eigenvalue weighted by Gasteiger charge is -2.32. The maximum Gasteiger partial charge on any atom is 0.0916 e. The van der Waals surface area contributed by atoms with Gasteiger partial charge in [-0.15, -0.1) is 0 Å². The second-order valence-electron chi connectivity index (χ2n) is 6.50. The molecule has 1 saturated heterocycles. The molecule has 2 rings (SSSR count). The fourth-order valence-electron chi connectivity index (χ4n) is 3.08. The Hall–Kier alpha value is -0.860. The molecule has 1 aliphatic rings. The van der Waals surface area contributed by atoms with Gasteiger partial charge in [-0.2, -0.15) is 0 Å². The SMILES string of the molecule is CCC(C)c1ccc(C(O)CN2CCCC(C)C2)cc1. The molecule has 1 heterocycles. The van der Waals surface area contributed by atoms with Crippen LogP contribution in [0.1, 0.15) is 63.2 Å². The molecule has 1 fully saturated rings. The minimum Gasteiger partial charge on any atom is -0.387 e. The molecule has 1 aromatic rings. The molecule has 1 N–H and O–H groups in total. The van der Waals surface area contributed by atoms with Crippen molar-refractivity contribution >= 4 is 0 Å². The summed E-state index contributed by atoms with van der Waals surface area (Å²) in [4.78, 5) is 2.40. The van der Waals surface area contributed by atoms with Gasteiger partial charge in [-0.3, -0.25) is 0 Å². The van der Waals surface area contributed by atoms with Gasteiger partial charge in [0.25, 0.3) is 0 Å². The average Bonchev–Trinajstić information content (AvgIpc) is 2.46. The third-order valence-electron chi connectivity index (χ3n) is 4.67. The highest BCUT2D eigenvalue weighted by molar-refractivity contribution is 5.26. The third kappa shape index (κ3) is 4.07. The number of rotatable bonds is 5. The van der Waals surface area contributed by atoms with E-state index in [1.54, 1.807) is 0 Å². The van der Waals surface area contributed by atoms with Crippen molar-refractivity contribution in [3.8, 4) is 0 Å². The molecule has 0 bridgehead atoms. The van der Waals surface area contributed by atoms with E-state index in [9.17, 15) is 5.11 Å². The van der Waals surface area contributed by atoms with E-state index in [0.29, 0.717) is 5.92 Å². The van der Waals surface area contributed by atoms with Gasteiger partial charge in [0.05, 0.1) is 6.10 Å². The Morgan fingerprint density at radius 3 is 2.50 bits per heavy atom. The maximum atomic E-state index is 10.4. The molecule has 3 unspecified atom stereocenters. The van der Waals surface area contributed by atoms with Crippen molar-refractivity contribution in [3.05, 3.63) is 35.4 Å². The lowest BCUT2D eigenvalue weighted by atomic mass is 9.96. The molecule has 1 aromatic carbocycles. The van der Waals surface area contributed by atoms with E-state index in [1.165, 1.54) is 18.4 Å². The number of β-amino-alcohol motifs (C(OH)–C–C–N with tert-alkyl or cyclic N) is 1. The number of benzene rings is 1. The molecule has 3 atom stereocenters. The first kappa shape index (κ1) is 15.5. The van der Waals surface area contributed by atoms with E-state index in [1.807, 2.05) is 0 Å². The summed E-state index contributed by atoms with van der Waals surface area (Å²) >= 11 is 0. The van der Waals surface area contributed by atoms with E-state index in [-0.39, 0.29) is 6.10 Å². The Morgan fingerprint density at radius 1 is 1.25 bits per heavy atom. The zero-order chi connectivity index (χ0) is 14.5. The van der Waals surface area contributed by atoms with Crippen molar-refractivity contribution in [2.75, 3.05) is 19.6 Å². The zero-order valence-electron chi connectivity index (χ0n) is 13.2. The van der Waals surface area contributed by atoms with E-state index < -0.39 is 0 Å². The number of hydrogen-bond acceptors (Lipinski definition) is 2. The standard InChI is InChI=1S/C18H29NO/c1-4-15(3)16-7-9-17(10-8-16)18(20)13-19-11-5-6-14(2)12-19/h7-10,14-15,18,20H,4-6,11-13H2,1-3H3. The molecule has 0 amide bonds. The van der Waals surface area contributed by atoms with Crippen molar-refractivity contribution in [2.45, 2.75) is 52.1 Å². The van der Waals surface area contributed by atoms with Crippen LogP contribution in [0.25, 0.3) is 0 Å².